The van der Waals surface area contributed by atoms with E-state index in [1.165, 1.54) is 5.57 Å². The molecule has 1 aromatic rings. The lowest BCUT2D eigenvalue weighted by Crippen LogP contribution is -2.43. The summed E-state index contributed by atoms with van der Waals surface area (Å²) < 4.78 is 6.55. The van der Waals surface area contributed by atoms with Gasteiger partial charge in [0, 0.05) is 37.0 Å². The second-order valence-corrected chi connectivity index (χ2v) is 15.1. The standard InChI is InChI=1S/C26H42N2O3Si/c1-10-20(13-14-28-16-18(2)19(3)23(17-29)25(28)30)22-15-21(11-12-24(22)27-7)31-32(8,9)26(4,5)6/h11-13,15,18,27,29H,10,14,16-17H2,1-9H3/b20-13+/t18-/m1/s1. The maximum absolute atomic E-state index is 12.8. The van der Waals surface area contributed by atoms with Gasteiger partial charge in [-0.05, 0) is 61.2 Å². The fourth-order valence-electron chi connectivity index (χ4n) is 3.74. The smallest absolute Gasteiger partial charge is 0.252 e. The van der Waals surface area contributed by atoms with Crippen LogP contribution in [0.15, 0.2) is 35.4 Å². The number of allylic oxidation sites excluding steroid dienone is 1. The number of rotatable bonds is 8. The fraction of sp³-hybridized carbons (Fsp3) is 0.577. The Balaban J connectivity index is 2.35. The minimum atomic E-state index is -1.94. The van der Waals surface area contributed by atoms with Crippen molar-refractivity contribution in [2.24, 2.45) is 5.92 Å². The van der Waals surface area contributed by atoms with Crippen LogP contribution in [0.25, 0.3) is 5.57 Å². The molecule has 0 saturated carbocycles. The van der Waals surface area contributed by atoms with E-state index in [0.29, 0.717) is 18.7 Å². The van der Waals surface area contributed by atoms with E-state index in [1.807, 2.05) is 24.9 Å². The first-order valence-electron chi connectivity index (χ1n) is 11.7. The van der Waals surface area contributed by atoms with Crippen LogP contribution in [0.1, 0.15) is 53.5 Å². The molecule has 178 valence electrons. The number of aliphatic hydroxyl groups excluding tert-OH is 1. The van der Waals surface area contributed by atoms with Gasteiger partial charge in [0.15, 0.2) is 0 Å². The van der Waals surface area contributed by atoms with Gasteiger partial charge in [0.25, 0.3) is 5.91 Å². The molecule has 1 heterocycles. The lowest BCUT2D eigenvalue weighted by molar-refractivity contribution is -0.128. The molecule has 1 aliphatic heterocycles. The van der Waals surface area contributed by atoms with Gasteiger partial charge in [0.2, 0.25) is 8.32 Å². The Morgan fingerprint density at radius 3 is 2.53 bits per heavy atom. The van der Waals surface area contributed by atoms with E-state index in [9.17, 15) is 9.90 Å². The quantitative estimate of drug-likeness (QED) is 0.491. The normalized spacial score (nSPS) is 18.3. The first-order chi connectivity index (χ1) is 14.9. The van der Waals surface area contributed by atoms with Gasteiger partial charge in [-0.3, -0.25) is 4.79 Å². The van der Waals surface area contributed by atoms with Gasteiger partial charge in [-0.1, -0.05) is 46.3 Å². The first-order valence-corrected chi connectivity index (χ1v) is 14.6. The van der Waals surface area contributed by atoms with Crippen LogP contribution in [-0.2, 0) is 4.79 Å². The maximum Gasteiger partial charge on any atom is 0.252 e. The molecule has 6 heteroatoms. The van der Waals surface area contributed by atoms with Crippen molar-refractivity contribution in [3.05, 3.63) is 41.0 Å². The molecule has 0 fully saturated rings. The monoisotopic (exact) mass is 458 g/mol. The number of benzene rings is 1. The van der Waals surface area contributed by atoms with Crippen LogP contribution in [0.5, 0.6) is 5.75 Å². The number of nitrogens with zero attached hydrogens (tertiary/aromatic N) is 1. The molecule has 1 atom stereocenters. The van der Waals surface area contributed by atoms with Crippen LogP contribution in [-0.4, -0.2) is 51.0 Å². The van der Waals surface area contributed by atoms with Crippen LogP contribution < -0.4 is 9.74 Å². The van der Waals surface area contributed by atoms with E-state index in [0.717, 1.165) is 29.0 Å². The van der Waals surface area contributed by atoms with E-state index >= 15 is 0 Å². The number of hydrogen-bond donors (Lipinski definition) is 2. The summed E-state index contributed by atoms with van der Waals surface area (Å²) in [5, 5.41) is 13.1. The second-order valence-electron chi connectivity index (χ2n) is 10.3. The molecule has 1 aliphatic rings. The van der Waals surface area contributed by atoms with Crippen LogP contribution in [0.4, 0.5) is 5.69 Å². The predicted molar refractivity (Wildman–Crippen MR) is 138 cm³/mol. The average Bonchev–Trinajstić information content (AvgIpc) is 2.71. The summed E-state index contributed by atoms with van der Waals surface area (Å²) in [6.45, 7) is 18.4. The molecule has 0 aliphatic carbocycles. The maximum atomic E-state index is 12.8. The Bertz CT molecular complexity index is 897. The van der Waals surface area contributed by atoms with Crippen molar-refractivity contribution in [2.45, 2.75) is 66.1 Å². The Hall–Kier alpha value is -2.05. The lowest BCUT2D eigenvalue weighted by atomic mass is 9.92. The van der Waals surface area contributed by atoms with Crippen molar-refractivity contribution in [1.29, 1.82) is 0 Å². The zero-order chi connectivity index (χ0) is 24.3. The third kappa shape index (κ3) is 5.65. The van der Waals surface area contributed by atoms with E-state index in [-0.39, 0.29) is 23.5 Å². The summed E-state index contributed by atoms with van der Waals surface area (Å²) in [7, 11) is -0.0153. The van der Waals surface area contributed by atoms with Crippen LogP contribution in [0.3, 0.4) is 0 Å². The Morgan fingerprint density at radius 2 is 2.00 bits per heavy atom. The van der Waals surface area contributed by atoms with Gasteiger partial charge in [0.05, 0.1) is 6.61 Å². The van der Waals surface area contributed by atoms with E-state index in [4.69, 9.17) is 4.43 Å². The van der Waals surface area contributed by atoms with Gasteiger partial charge in [-0.2, -0.15) is 0 Å². The van der Waals surface area contributed by atoms with Crippen molar-refractivity contribution in [3.8, 4) is 5.75 Å². The number of aliphatic hydroxyl groups is 1. The third-order valence-electron chi connectivity index (χ3n) is 7.14. The number of anilines is 1. The molecule has 0 radical (unpaired) electrons. The van der Waals surface area contributed by atoms with E-state index < -0.39 is 8.32 Å². The number of hydrogen-bond acceptors (Lipinski definition) is 4. The van der Waals surface area contributed by atoms with Crippen molar-refractivity contribution >= 4 is 25.5 Å². The summed E-state index contributed by atoms with van der Waals surface area (Å²) >= 11 is 0. The third-order valence-corrected chi connectivity index (χ3v) is 11.5. The highest BCUT2D eigenvalue weighted by Crippen LogP contribution is 2.39. The molecule has 0 bridgehead atoms. The lowest BCUT2D eigenvalue weighted by Gasteiger charge is -2.36. The summed E-state index contributed by atoms with van der Waals surface area (Å²) in [5.41, 5.74) is 4.87. The van der Waals surface area contributed by atoms with Crippen LogP contribution in [0, 0.1) is 5.92 Å². The molecular formula is C26H42N2O3Si. The Labute approximate surface area is 195 Å². The summed E-state index contributed by atoms with van der Waals surface area (Å²) in [6.07, 6.45) is 2.99. The van der Waals surface area contributed by atoms with Crippen molar-refractivity contribution in [3.63, 3.8) is 0 Å². The number of amides is 1. The highest BCUT2D eigenvalue weighted by molar-refractivity contribution is 6.74. The van der Waals surface area contributed by atoms with Gasteiger partial charge >= 0.3 is 0 Å². The molecule has 1 amide bonds. The SMILES string of the molecule is CC/C(=C\CN1C[C@@H](C)C(C)=C(CO)C1=O)c1cc(O[Si](C)(C)C(C)(C)C)ccc1NC. The first kappa shape index (κ1) is 26.2. The average molecular weight is 459 g/mol. The van der Waals surface area contributed by atoms with Crippen LogP contribution in [0.2, 0.25) is 18.1 Å². The van der Waals surface area contributed by atoms with Gasteiger partial charge < -0.3 is 19.7 Å². The number of carbonyl (C=O) groups excluding carboxylic acids is 1. The summed E-state index contributed by atoms with van der Waals surface area (Å²) in [6, 6.07) is 6.25. The molecular weight excluding hydrogens is 416 g/mol. The fourth-order valence-corrected chi connectivity index (χ4v) is 4.76. The molecule has 32 heavy (non-hydrogen) atoms. The zero-order valence-electron chi connectivity index (χ0n) is 21.4. The summed E-state index contributed by atoms with van der Waals surface area (Å²) in [4.78, 5) is 14.7. The molecule has 0 unspecified atom stereocenters. The minimum Gasteiger partial charge on any atom is -0.543 e. The van der Waals surface area contributed by atoms with Gasteiger partial charge in [-0.15, -0.1) is 0 Å². The molecule has 0 saturated heterocycles. The Kier molecular flexibility index (Phi) is 8.40. The van der Waals surface area contributed by atoms with Crippen molar-refractivity contribution in [2.75, 3.05) is 32.1 Å². The Morgan fingerprint density at radius 1 is 1.34 bits per heavy atom. The number of nitrogens with one attached hydrogen (secondary N) is 1. The van der Waals surface area contributed by atoms with Gasteiger partial charge in [-0.25, -0.2) is 0 Å². The molecule has 0 aromatic heterocycles. The van der Waals surface area contributed by atoms with Crippen molar-refractivity contribution < 1.29 is 14.3 Å². The number of carbonyl (C=O) groups is 1. The molecule has 2 rings (SSSR count). The largest absolute Gasteiger partial charge is 0.543 e. The van der Waals surface area contributed by atoms with Crippen molar-refractivity contribution in [1.82, 2.24) is 4.90 Å². The predicted octanol–water partition coefficient (Wildman–Crippen LogP) is 5.69. The summed E-state index contributed by atoms with van der Waals surface area (Å²) in [5.74, 6) is 1.09. The highest BCUT2D eigenvalue weighted by Gasteiger charge is 2.39. The highest BCUT2D eigenvalue weighted by atomic mass is 28.4. The molecule has 1 aromatic carbocycles. The molecule has 0 spiro atoms. The minimum absolute atomic E-state index is 0.0568. The molecule has 2 N–H and O–H groups in total. The van der Waals surface area contributed by atoms with Crippen LogP contribution >= 0.6 is 0 Å². The second kappa shape index (κ2) is 10.3. The van der Waals surface area contributed by atoms with Gasteiger partial charge in [0.1, 0.15) is 5.75 Å². The van der Waals surface area contributed by atoms with E-state index in [2.05, 4.69) is 71.2 Å². The topological polar surface area (TPSA) is 61.8 Å². The zero-order valence-corrected chi connectivity index (χ0v) is 22.4. The molecule has 5 nitrogen and oxygen atoms in total. The van der Waals surface area contributed by atoms with E-state index in [1.54, 1.807) is 0 Å².